The van der Waals surface area contributed by atoms with Crippen molar-refractivity contribution in [1.29, 1.82) is 0 Å². The van der Waals surface area contributed by atoms with Gasteiger partial charge in [-0.05, 0) is 67.7 Å². The highest BCUT2D eigenvalue weighted by atomic mass is 14.2. The van der Waals surface area contributed by atoms with Crippen LogP contribution in [0.3, 0.4) is 0 Å². The Labute approximate surface area is 171 Å². The minimum absolute atomic E-state index is 0.510. The molecule has 2 aliphatic rings. The van der Waals surface area contributed by atoms with Crippen LogP contribution < -0.4 is 0 Å². The fourth-order valence-corrected chi connectivity index (χ4v) is 4.05. The van der Waals surface area contributed by atoms with Crippen LogP contribution in [0.5, 0.6) is 0 Å². The third kappa shape index (κ3) is 5.45. The van der Waals surface area contributed by atoms with Crippen LogP contribution in [-0.4, -0.2) is 0 Å². The van der Waals surface area contributed by atoms with E-state index in [4.69, 9.17) is 0 Å². The van der Waals surface area contributed by atoms with Crippen LogP contribution in [0.25, 0.3) is 5.57 Å². The van der Waals surface area contributed by atoms with Crippen LogP contribution >= 0.6 is 0 Å². The van der Waals surface area contributed by atoms with Crippen LogP contribution in [-0.2, 0) is 6.42 Å². The van der Waals surface area contributed by atoms with Crippen molar-refractivity contribution in [3.05, 3.63) is 113 Å². The average Bonchev–Trinajstić information content (AvgIpc) is 2.68. The summed E-state index contributed by atoms with van der Waals surface area (Å²) in [5.41, 5.74) is 8.56. The van der Waals surface area contributed by atoms with Crippen molar-refractivity contribution in [1.82, 2.24) is 0 Å². The van der Waals surface area contributed by atoms with E-state index in [1.165, 1.54) is 33.4 Å². The van der Waals surface area contributed by atoms with Gasteiger partial charge in [0.25, 0.3) is 0 Å². The van der Waals surface area contributed by atoms with E-state index >= 15 is 0 Å². The van der Waals surface area contributed by atoms with Crippen LogP contribution in [0.2, 0.25) is 0 Å². The van der Waals surface area contributed by atoms with Crippen LogP contribution in [0, 0.1) is 5.92 Å². The molecule has 0 aliphatic heterocycles. The molecular weight excluding hydrogens is 336 g/mol. The standard InChI is InChI=1S/C28H32/c1-22-14-8-4-5-9-15-23(2)21-26-18-11-7-6-10-16-25-17-12-13-19-27(25)28(26)24(3)20-22/h4-14,17,19,21,23H,15-16,18,20H2,1-3H3/b8-4-,9-5+,10-6-,11-7-,22-14+,26-21-,28-24+/t23-/m1/s1. The third-order valence-electron chi connectivity index (χ3n) is 5.37. The Bertz CT molecular complexity index is 894. The number of hydrogen-bond acceptors (Lipinski definition) is 0. The van der Waals surface area contributed by atoms with Crippen molar-refractivity contribution in [3.63, 3.8) is 0 Å². The summed E-state index contributed by atoms with van der Waals surface area (Å²) in [6.45, 7) is 6.87. The molecule has 0 bridgehead atoms. The summed E-state index contributed by atoms with van der Waals surface area (Å²) in [6.07, 6.45) is 26.5. The molecule has 144 valence electrons. The zero-order chi connectivity index (χ0) is 19.8. The highest BCUT2D eigenvalue weighted by Gasteiger charge is 2.16. The summed E-state index contributed by atoms with van der Waals surface area (Å²) in [5, 5.41) is 0. The first kappa shape index (κ1) is 20.1. The third-order valence-corrected chi connectivity index (χ3v) is 5.37. The lowest BCUT2D eigenvalue weighted by Gasteiger charge is -2.21. The van der Waals surface area contributed by atoms with Gasteiger partial charge in [0.05, 0.1) is 0 Å². The topological polar surface area (TPSA) is 0 Å². The van der Waals surface area contributed by atoms with E-state index in [0.29, 0.717) is 5.92 Å². The highest BCUT2D eigenvalue weighted by Crippen LogP contribution is 2.35. The van der Waals surface area contributed by atoms with Crippen molar-refractivity contribution in [2.75, 3.05) is 0 Å². The Kier molecular flexibility index (Phi) is 7.25. The van der Waals surface area contributed by atoms with Gasteiger partial charge in [-0.15, -0.1) is 0 Å². The predicted octanol–water partition coefficient (Wildman–Crippen LogP) is 7.93. The predicted molar refractivity (Wildman–Crippen MR) is 124 cm³/mol. The van der Waals surface area contributed by atoms with E-state index in [2.05, 4.69) is 106 Å². The van der Waals surface area contributed by atoms with Gasteiger partial charge < -0.3 is 0 Å². The molecule has 0 aromatic heterocycles. The Morgan fingerprint density at radius 1 is 0.821 bits per heavy atom. The van der Waals surface area contributed by atoms with Gasteiger partial charge in [0.2, 0.25) is 0 Å². The van der Waals surface area contributed by atoms with E-state index in [1.807, 2.05) is 0 Å². The molecule has 0 saturated carbocycles. The molecule has 0 fully saturated rings. The van der Waals surface area contributed by atoms with Gasteiger partial charge in [-0.1, -0.05) is 103 Å². The summed E-state index contributed by atoms with van der Waals surface area (Å²) in [6, 6.07) is 8.93. The molecular formula is C28H32. The first-order valence-electron chi connectivity index (χ1n) is 10.4. The maximum absolute atomic E-state index is 2.50. The summed E-state index contributed by atoms with van der Waals surface area (Å²) in [7, 11) is 0. The number of rotatable bonds is 0. The molecule has 0 heterocycles. The monoisotopic (exact) mass is 368 g/mol. The fourth-order valence-electron chi connectivity index (χ4n) is 4.05. The summed E-state index contributed by atoms with van der Waals surface area (Å²) >= 11 is 0. The molecule has 0 spiro atoms. The molecule has 0 amide bonds. The van der Waals surface area contributed by atoms with Crippen molar-refractivity contribution < 1.29 is 0 Å². The maximum Gasteiger partial charge on any atom is -0.00882 e. The fraction of sp³-hybridized carbons (Fsp3) is 0.286. The van der Waals surface area contributed by atoms with Gasteiger partial charge >= 0.3 is 0 Å². The van der Waals surface area contributed by atoms with E-state index in [0.717, 1.165) is 25.7 Å². The largest absolute Gasteiger partial charge is 0.0840 e. The zero-order valence-electron chi connectivity index (χ0n) is 17.5. The first-order valence-corrected chi connectivity index (χ1v) is 10.4. The molecule has 0 radical (unpaired) electrons. The summed E-state index contributed by atoms with van der Waals surface area (Å²) in [5.74, 6) is 0.510. The molecule has 1 aromatic carbocycles. The van der Waals surface area contributed by atoms with Crippen molar-refractivity contribution in [2.45, 2.75) is 46.5 Å². The lowest BCUT2D eigenvalue weighted by atomic mass is 9.84. The second-order valence-electron chi connectivity index (χ2n) is 7.98. The number of hydrogen-bond donors (Lipinski definition) is 0. The van der Waals surface area contributed by atoms with Crippen molar-refractivity contribution in [3.8, 4) is 0 Å². The maximum atomic E-state index is 2.50. The first-order chi connectivity index (χ1) is 13.6. The second kappa shape index (κ2) is 10.1. The zero-order valence-corrected chi connectivity index (χ0v) is 17.5. The smallest absolute Gasteiger partial charge is 0.00882 e. The quantitative estimate of drug-likeness (QED) is 0.436. The van der Waals surface area contributed by atoms with Gasteiger partial charge in [-0.25, -0.2) is 0 Å². The molecule has 1 atom stereocenters. The Morgan fingerprint density at radius 2 is 1.57 bits per heavy atom. The number of fused-ring (bicyclic) bond motifs is 3. The molecule has 0 saturated heterocycles. The van der Waals surface area contributed by atoms with Crippen molar-refractivity contribution in [2.24, 2.45) is 5.92 Å². The van der Waals surface area contributed by atoms with Gasteiger partial charge in [0, 0.05) is 0 Å². The van der Waals surface area contributed by atoms with Crippen molar-refractivity contribution >= 4 is 5.57 Å². The second-order valence-corrected chi connectivity index (χ2v) is 7.98. The van der Waals surface area contributed by atoms with E-state index in [1.54, 1.807) is 0 Å². The molecule has 28 heavy (non-hydrogen) atoms. The molecule has 0 unspecified atom stereocenters. The van der Waals surface area contributed by atoms with E-state index in [-0.39, 0.29) is 0 Å². The lowest BCUT2D eigenvalue weighted by molar-refractivity contribution is 0.738. The molecule has 0 nitrogen and oxygen atoms in total. The van der Waals surface area contributed by atoms with E-state index < -0.39 is 0 Å². The van der Waals surface area contributed by atoms with Gasteiger partial charge in [0.1, 0.15) is 0 Å². The van der Waals surface area contributed by atoms with Gasteiger partial charge in [-0.3, -0.25) is 0 Å². The minimum atomic E-state index is 0.510. The number of benzene rings is 1. The molecule has 0 N–H and O–H groups in total. The Balaban J connectivity index is 2.22. The molecule has 3 rings (SSSR count). The van der Waals surface area contributed by atoms with Crippen LogP contribution in [0.4, 0.5) is 0 Å². The van der Waals surface area contributed by atoms with Crippen LogP contribution in [0.15, 0.2) is 102 Å². The van der Waals surface area contributed by atoms with E-state index in [9.17, 15) is 0 Å². The highest BCUT2D eigenvalue weighted by molar-refractivity contribution is 5.83. The molecule has 1 aromatic rings. The molecule has 2 aliphatic carbocycles. The Hall–Kier alpha value is -2.60. The molecule has 0 heteroatoms. The lowest BCUT2D eigenvalue weighted by Crippen LogP contribution is -2.02. The van der Waals surface area contributed by atoms with Gasteiger partial charge in [0.15, 0.2) is 0 Å². The normalized spacial score (nSPS) is 31.8. The summed E-state index contributed by atoms with van der Waals surface area (Å²) < 4.78 is 0. The van der Waals surface area contributed by atoms with Crippen LogP contribution in [0.1, 0.15) is 51.2 Å². The summed E-state index contributed by atoms with van der Waals surface area (Å²) in [4.78, 5) is 0. The SMILES string of the molecule is C\C1=C/C=C\C=C\C[C@@H](C)/C=C2/C/C=C\C=C/Cc3ccccc3/C2=C(\C)C1. The van der Waals surface area contributed by atoms with Gasteiger partial charge in [-0.2, -0.15) is 0 Å². The minimum Gasteiger partial charge on any atom is -0.0840 e. The Morgan fingerprint density at radius 3 is 2.43 bits per heavy atom. The number of allylic oxidation sites excluding steroid dienone is 14. The average molecular weight is 369 g/mol.